The van der Waals surface area contributed by atoms with E-state index < -0.39 is 0 Å². The molecule has 1 aromatic rings. The summed E-state index contributed by atoms with van der Waals surface area (Å²) in [5.74, 6) is -0.276. The number of benzene rings is 1. The van der Waals surface area contributed by atoms with Gasteiger partial charge in [-0.05, 0) is 24.5 Å². The molecular formula is C19H27N3O4. The number of anilines is 1. The van der Waals surface area contributed by atoms with E-state index in [0.29, 0.717) is 32.8 Å². The summed E-state index contributed by atoms with van der Waals surface area (Å²) in [6.45, 7) is 7.86. The highest BCUT2D eigenvalue weighted by molar-refractivity contribution is 6.04. The molecule has 3 amide bonds. The Balaban J connectivity index is 1.85. The van der Waals surface area contributed by atoms with Crippen LogP contribution in [0.15, 0.2) is 24.3 Å². The number of hydrogen-bond acceptors (Lipinski definition) is 4. The molecule has 0 atom stereocenters. The molecular weight excluding hydrogens is 334 g/mol. The van der Waals surface area contributed by atoms with Crippen LogP contribution in [0.2, 0.25) is 0 Å². The van der Waals surface area contributed by atoms with Crippen LogP contribution in [0.3, 0.4) is 0 Å². The first-order valence-corrected chi connectivity index (χ1v) is 9.00. The van der Waals surface area contributed by atoms with Crippen LogP contribution in [0.4, 0.5) is 10.5 Å². The summed E-state index contributed by atoms with van der Waals surface area (Å²) >= 11 is 0. The zero-order valence-corrected chi connectivity index (χ0v) is 15.7. The minimum Gasteiger partial charge on any atom is -0.450 e. The fraction of sp³-hybridized carbons (Fsp3) is 0.526. The Morgan fingerprint density at radius 3 is 2.31 bits per heavy atom. The van der Waals surface area contributed by atoms with Crippen LogP contribution >= 0.6 is 0 Å². The van der Waals surface area contributed by atoms with Gasteiger partial charge in [0.1, 0.15) is 6.42 Å². The smallest absolute Gasteiger partial charge is 0.409 e. The van der Waals surface area contributed by atoms with Crippen molar-refractivity contribution >= 4 is 23.6 Å². The first-order chi connectivity index (χ1) is 12.4. The summed E-state index contributed by atoms with van der Waals surface area (Å²) in [4.78, 5) is 39.5. The van der Waals surface area contributed by atoms with Gasteiger partial charge < -0.3 is 19.9 Å². The van der Waals surface area contributed by atoms with E-state index >= 15 is 0 Å². The minimum atomic E-state index is -0.359. The number of nitrogens with zero attached hydrogens (tertiary/aromatic N) is 2. The zero-order chi connectivity index (χ0) is 19.1. The maximum atomic E-state index is 12.4. The monoisotopic (exact) mass is 361 g/mol. The van der Waals surface area contributed by atoms with Crippen molar-refractivity contribution in [1.82, 2.24) is 9.80 Å². The number of carbonyl (C=O) groups is 3. The van der Waals surface area contributed by atoms with Crippen LogP contribution in [0.5, 0.6) is 0 Å². The third kappa shape index (κ3) is 5.21. The fourth-order valence-electron chi connectivity index (χ4n) is 2.91. The zero-order valence-electron chi connectivity index (χ0n) is 15.7. The molecule has 0 aliphatic carbocycles. The first kappa shape index (κ1) is 19.8. The summed E-state index contributed by atoms with van der Waals surface area (Å²) in [6, 6.07) is 7.60. The molecule has 0 radical (unpaired) electrons. The van der Waals surface area contributed by atoms with Gasteiger partial charge in [0, 0.05) is 31.9 Å². The summed E-state index contributed by atoms with van der Waals surface area (Å²) < 4.78 is 4.96. The molecule has 1 fully saturated rings. The second-order valence-corrected chi connectivity index (χ2v) is 6.53. The molecule has 142 valence electrons. The molecule has 7 heteroatoms. The highest BCUT2D eigenvalue weighted by Gasteiger charge is 2.26. The lowest BCUT2D eigenvalue weighted by Gasteiger charge is -2.34. The Morgan fingerprint density at radius 2 is 1.69 bits per heavy atom. The lowest BCUT2D eigenvalue weighted by Crippen LogP contribution is -2.51. The van der Waals surface area contributed by atoms with E-state index in [4.69, 9.17) is 4.74 Å². The van der Waals surface area contributed by atoms with E-state index in [9.17, 15) is 14.4 Å². The Morgan fingerprint density at radius 1 is 1.08 bits per heavy atom. The molecule has 26 heavy (non-hydrogen) atoms. The number of ether oxygens (including phenoxy) is 1. The molecule has 1 N–H and O–H groups in total. The van der Waals surface area contributed by atoms with E-state index in [2.05, 4.69) is 19.2 Å². The van der Waals surface area contributed by atoms with Gasteiger partial charge >= 0.3 is 6.09 Å². The second-order valence-electron chi connectivity index (χ2n) is 6.53. The standard InChI is InChI=1S/C19H27N3O4/c1-4-26-19(25)22-11-9-21(10-12-22)18(24)13-17(23)20-16-8-6-5-7-15(16)14(2)3/h5-8,14H,4,9-13H2,1-3H3,(H,20,23). The number of piperazine rings is 1. The fourth-order valence-corrected chi connectivity index (χ4v) is 2.91. The predicted molar refractivity (Wildman–Crippen MR) is 99.0 cm³/mol. The van der Waals surface area contributed by atoms with Crippen molar-refractivity contribution in [2.45, 2.75) is 33.1 Å². The van der Waals surface area contributed by atoms with Gasteiger partial charge in [0.25, 0.3) is 0 Å². The van der Waals surface area contributed by atoms with E-state index in [-0.39, 0.29) is 30.2 Å². The Bertz CT molecular complexity index is 652. The second kappa shape index (κ2) is 9.22. The van der Waals surface area contributed by atoms with Crippen molar-refractivity contribution in [2.24, 2.45) is 0 Å². The van der Waals surface area contributed by atoms with Crippen molar-refractivity contribution in [1.29, 1.82) is 0 Å². The van der Waals surface area contributed by atoms with Gasteiger partial charge in [-0.15, -0.1) is 0 Å². The van der Waals surface area contributed by atoms with Crippen molar-refractivity contribution in [3.63, 3.8) is 0 Å². The van der Waals surface area contributed by atoms with Gasteiger partial charge in [0.2, 0.25) is 11.8 Å². The molecule has 2 rings (SSSR count). The molecule has 0 bridgehead atoms. The number of hydrogen-bond donors (Lipinski definition) is 1. The average molecular weight is 361 g/mol. The minimum absolute atomic E-state index is 0.203. The van der Waals surface area contributed by atoms with Crippen LogP contribution in [0.25, 0.3) is 0 Å². The molecule has 0 spiro atoms. The van der Waals surface area contributed by atoms with E-state index in [1.54, 1.807) is 16.7 Å². The third-order valence-corrected chi connectivity index (χ3v) is 4.33. The third-order valence-electron chi connectivity index (χ3n) is 4.33. The number of rotatable bonds is 5. The molecule has 1 heterocycles. The van der Waals surface area contributed by atoms with Crippen LogP contribution in [-0.2, 0) is 14.3 Å². The Kier molecular flexibility index (Phi) is 7.00. The highest BCUT2D eigenvalue weighted by atomic mass is 16.6. The molecule has 0 saturated carbocycles. The normalized spacial score (nSPS) is 14.3. The SMILES string of the molecule is CCOC(=O)N1CCN(C(=O)CC(=O)Nc2ccccc2C(C)C)CC1. The predicted octanol–water partition coefficient (Wildman–Crippen LogP) is 2.44. The molecule has 0 unspecified atom stereocenters. The summed E-state index contributed by atoms with van der Waals surface area (Å²) in [5.41, 5.74) is 1.78. The quantitative estimate of drug-likeness (QED) is 0.817. The van der Waals surface area contributed by atoms with Crippen molar-refractivity contribution in [3.05, 3.63) is 29.8 Å². The molecule has 7 nitrogen and oxygen atoms in total. The maximum Gasteiger partial charge on any atom is 0.409 e. The van der Waals surface area contributed by atoms with Crippen molar-refractivity contribution in [2.75, 3.05) is 38.1 Å². The van der Waals surface area contributed by atoms with Crippen LogP contribution in [-0.4, -0.2) is 60.5 Å². The van der Waals surface area contributed by atoms with Gasteiger partial charge in [0.05, 0.1) is 6.61 Å². The van der Waals surface area contributed by atoms with Gasteiger partial charge in [-0.2, -0.15) is 0 Å². The van der Waals surface area contributed by atoms with Crippen LogP contribution in [0, 0.1) is 0 Å². The van der Waals surface area contributed by atoms with Crippen LogP contribution < -0.4 is 5.32 Å². The Hall–Kier alpha value is -2.57. The summed E-state index contributed by atoms with van der Waals surface area (Å²) in [6.07, 6.45) is -0.561. The number of carbonyl (C=O) groups excluding carboxylic acids is 3. The van der Waals surface area contributed by atoms with E-state index in [1.165, 1.54) is 0 Å². The number of para-hydroxylation sites is 1. The average Bonchev–Trinajstić information content (AvgIpc) is 2.62. The molecule has 0 aromatic heterocycles. The molecule has 1 saturated heterocycles. The summed E-state index contributed by atoms with van der Waals surface area (Å²) in [5, 5.41) is 2.83. The van der Waals surface area contributed by atoms with E-state index in [1.807, 2.05) is 24.3 Å². The van der Waals surface area contributed by atoms with Crippen molar-refractivity contribution < 1.29 is 19.1 Å². The van der Waals surface area contributed by atoms with Gasteiger partial charge in [-0.3, -0.25) is 9.59 Å². The largest absolute Gasteiger partial charge is 0.450 e. The van der Waals surface area contributed by atoms with Crippen molar-refractivity contribution in [3.8, 4) is 0 Å². The topological polar surface area (TPSA) is 79.0 Å². The van der Waals surface area contributed by atoms with Gasteiger partial charge in [0.15, 0.2) is 0 Å². The molecule has 1 aliphatic heterocycles. The van der Waals surface area contributed by atoms with Gasteiger partial charge in [-0.1, -0.05) is 32.0 Å². The first-order valence-electron chi connectivity index (χ1n) is 9.00. The van der Waals surface area contributed by atoms with E-state index in [0.717, 1.165) is 11.3 Å². The Labute approximate surface area is 154 Å². The lowest BCUT2D eigenvalue weighted by atomic mass is 10.0. The summed E-state index contributed by atoms with van der Waals surface area (Å²) in [7, 11) is 0. The number of nitrogens with one attached hydrogen (secondary N) is 1. The maximum absolute atomic E-state index is 12.4. The molecule has 1 aromatic carbocycles. The number of amides is 3. The van der Waals surface area contributed by atoms with Gasteiger partial charge in [-0.25, -0.2) is 4.79 Å². The highest BCUT2D eigenvalue weighted by Crippen LogP contribution is 2.23. The molecule has 1 aliphatic rings. The van der Waals surface area contributed by atoms with Crippen LogP contribution in [0.1, 0.15) is 38.7 Å². The lowest BCUT2D eigenvalue weighted by molar-refractivity contribution is -0.135.